The smallest absolute Gasteiger partial charge is 0.456 e. The lowest BCUT2D eigenvalue weighted by Crippen LogP contribution is -2.41. The Labute approximate surface area is 166 Å². The van der Waals surface area contributed by atoms with Gasteiger partial charge < -0.3 is 9.47 Å². The Morgan fingerprint density at radius 3 is 2.53 bits per heavy atom. The van der Waals surface area contributed by atoms with Crippen molar-refractivity contribution >= 4 is 16.9 Å². The van der Waals surface area contributed by atoms with E-state index >= 15 is 0 Å². The normalized spacial score (nSPS) is 12.2. The highest BCUT2D eigenvalue weighted by Gasteiger charge is 2.58. The van der Waals surface area contributed by atoms with Gasteiger partial charge in [-0.2, -0.15) is 27.1 Å². The molecule has 160 valence electrons. The first-order chi connectivity index (χ1) is 14.1. The highest BCUT2D eigenvalue weighted by molar-refractivity contribution is 6.01. The fourth-order valence-electron chi connectivity index (χ4n) is 2.46. The van der Waals surface area contributed by atoms with Crippen LogP contribution in [0, 0.1) is 0 Å². The van der Waals surface area contributed by atoms with Crippen molar-refractivity contribution in [2.24, 2.45) is 0 Å². The summed E-state index contributed by atoms with van der Waals surface area (Å²) < 4.78 is 73.2. The lowest BCUT2D eigenvalue weighted by Gasteiger charge is -2.19. The second kappa shape index (κ2) is 8.20. The van der Waals surface area contributed by atoms with Gasteiger partial charge in [0.25, 0.3) is 0 Å². The molecule has 3 heterocycles. The lowest BCUT2D eigenvalue weighted by atomic mass is 10.2. The van der Waals surface area contributed by atoms with Crippen molar-refractivity contribution in [3.63, 3.8) is 0 Å². The number of nitrogens with zero attached hydrogens (tertiary/aromatic N) is 4. The van der Waals surface area contributed by atoms with Gasteiger partial charge >= 0.3 is 18.1 Å². The van der Waals surface area contributed by atoms with Crippen LogP contribution in [0.5, 0.6) is 5.88 Å². The highest BCUT2D eigenvalue weighted by atomic mass is 19.4. The number of ether oxygens (including phenoxy) is 2. The number of pyridine rings is 2. The summed E-state index contributed by atoms with van der Waals surface area (Å²) in [5.41, 5.74) is 1.20. The van der Waals surface area contributed by atoms with E-state index in [2.05, 4.69) is 19.8 Å². The van der Waals surface area contributed by atoms with Crippen LogP contribution in [-0.4, -0.2) is 51.0 Å². The summed E-state index contributed by atoms with van der Waals surface area (Å²) in [6, 6.07) is 4.24. The number of carbonyl (C=O) groups is 1. The molecule has 0 aliphatic heterocycles. The maximum atomic E-state index is 12.9. The number of carbonyl (C=O) groups excluding carboxylic acids is 1. The molecule has 3 aromatic heterocycles. The van der Waals surface area contributed by atoms with Crippen molar-refractivity contribution in [2.75, 3.05) is 13.2 Å². The zero-order chi connectivity index (χ0) is 21.9. The summed E-state index contributed by atoms with van der Waals surface area (Å²) >= 11 is 0. The molecule has 0 atom stereocenters. The maximum Gasteiger partial charge on any atom is 0.456 e. The standard InChI is InChI=1S/C18H15F5N4O3/c1-2-29-16(28)15-12-9-27(26-13(12)5-6-24-15)8-11-3-4-14(25-7-11)30-10-17(19,20)18(21,22)23/h3-7,9H,2,8,10H2,1H3. The molecule has 3 rings (SSSR count). The molecule has 0 spiro atoms. The first-order valence-corrected chi connectivity index (χ1v) is 8.62. The number of hydrogen-bond acceptors (Lipinski definition) is 6. The Morgan fingerprint density at radius 2 is 1.90 bits per heavy atom. The molecule has 7 nitrogen and oxygen atoms in total. The first-order valence-electron chi connectivity index (χ1n) is 8.62. The third kappa shape index (κ3) is 4.63. The molecule has 0 saturated carbocycles. The second-order valence-electron chi connectivity index (χ2n) is 6.14. The molecule has 3 aromatic rings. The summed E-state index contributed by atoms with van der Waals surface area (Å²) in [5.74, 6) is -5.93. The number of hydrogen-bond donors (Lipinski definition) is 0. The van der Waals surface area contributed by atoms with Crippen LogP contribution in [0.2, 0.25) is 0 Å². The summed E-state index contributed by atoms with van der Waals surface area (Å²) in [4.78, 5) is 19.7. The Bertz CT molecular complexity index is 1030. The number of esters is 1. The van der Waals surface area contributed by atoms with E-state index in [9.17, 15) is 26.7 Å². The quantitative estimate of drug-likeness (QED) is 0.421. The number of alkyl halides is 5. The van der Waals surface area contributed by atoms with Gasteiger partial charge in [0, 0.05) is 24.7 Å². The summed E-state index contributed by atoms with van der Waals surface area (Å²) in [6.07, 6.45) is -1.43. The van der Waals surface area contributed by atoms with Crippen LogP contribution in [0.4, 0.5) is 22.0 Å². The van der Waals surface area contributed by atoms with E-state index in [-0.39, 0.29) is 24.7 Å². The molecule has 0 aromatic carbocycles. The molecule has 0 bridgehead atoms. The van der Waals surface area contributed by atoms with Gasteiger partial charge in [-0.25, -0.2) is 14.8 Å². The van der Waals surface area contributed by atoms with Crippen LogP contribution in [0.1, 0.15) is 23.0 Å². The van der Waals surface area contributed by atoms with Crippen molar-refractivity contribution < 1.29 is 36.2 Å². The van der Waals surface area contributed by atoms with E-state index in [1.165, 1.54) is 29.2 Å². The van der Waals surface area contributed by atoms with Crippen molar-refractivity contribution in [1.29, 1.82) is 0 Å². The zero-order valence-electron chi connectivity index (χ0n) is 15.5. The van der Waals surface area contributed by atoms with Crippen LogP contribution in [0.25, 0.3) is 10.9 Å². The van der Waals surface area contributed by atoms with Gasteiger partial charge in [0.15, 0.2) is 12.3 Å². The minimum absolute atomic E-state index is 0.119. The Kier molecular flexibility index (Phi) is 5.85. The van der Waals surface area contributed by atoms with Gasteiger partial charge in [0.2, 0.25) is 5.88 Å². The van der Waals surface area contributed by atoms with E-state index in [1.54, 1.807) is 19.2 Å². The Hall–Kier alpha value is -3.31. The SMILES string of the molecule is CCOC(=O)c1nccc2nn(Cc3ccc(OCC(F)(F)C(F)(F)F)nc3)cc12. The van der Waals surface area contributed by atoms with Gasteiger partial charge in [-0.3, -0.25) is 4.68 Å². The predicted octanol–water partition coefficient (Wildman–Crippen LogP) is 3.63. The predicted molar refractivity (Wildman–Crippen MR) is 93.3 cm³/mol. The minimum atomic E-state index is -5.70. The molecular weight excluding hydrogens is 415 g/mol. The van der Waals surface area contributed by atoms with Crippen LogP contribution < -0.4 is 4.74 Å². The summed E-state index contributed by atoms with van der Waals surface area (Å²) in [6.45, 7) is 0.200. The minimum Gasteiger partial charge on any atom is -0.471 e. The topological polar surface area (TPSA) is 79.1 Å². The average Bonchev–Trinajstić information content (AvgIpc) is 3.09. The van der Waals surface area contributed by atoms with E-state index in [4.69, 9.17) is 4.74 Å². The van der Waals surface area contributed by atoms with Gasteiger partial charge in [-0.15, -0.1) is 0 Å². The number of halogens is 5. The fraction of sp³-hybridized carbons (Fsp3) is 0.333. The fourth-order valence-corrected chi connectivity index (χ4v) is 2.46. The van der Waals surface area contributed by atoms with Crippen molar-refractivity contribution in [2.45, 2.75) is 25.6 Å². The number of fused-ring (bicyclic) bond motifs is 1. The highest BCUT2D eigenvalue weighted by Crippen LogP contribution is 2.35. The molecule has 0 aliphatic rings. The Balaban J connectivity index is 1.71. The van der Waals surface area contributed by atoms with Gasteiger partial charge in [-0.05, 0) is 18.6 Å². The maximum absolute atomic E-state index is 12.9. The van der Waals surface area contributed by atoms with Crippen LogP contribution in [-0.2, 0) is 11.3 Å². The first kappa shape index (κ1) is 21.4. The van der Waals surface area contributed by atoms with E-state index in [1.807, 2.05) is 0 Å². The van der Waals surface area contributed by atoms with E-state index < -0.39 is 24.7 Å². The average molecular weight is 430 g/mol. The molecule has 0 amide bonds. The molecule has 30 heavy (non-hydrogen) atoms. The lowest BCUT2D eigenvalue weighted by molar-refractivity contribution is -0.290. The summed E-state index contributed by atoms with van der Waals surface area (Å²) in [5, 5.41) is 4.80. The molecule has 0 unspecified atom stereocenters. The zero-order valence-corrected chi connectivity index (χ0v) is 15.5. The Morgan fingerprint density at radius 1 is 1.13 bits per heavy atom. The third-order valence-corrected chi connectivity index (χ3v) is 3.91. The van der Waals surface area contributed by atoms with E-state index in [0.717, 1.165) is 0 Å². The number of rotatable bonds is 7. The molecule has 0 radical (unpaired) electrons. The monoisotopic (exact) mass is 430 g/mol. The van der Waals surface area contributed by atoms with Crippen molar-refractivity contribution in [1.82, 2.24) is 19.7 Å². The number of aromatic nitrogens is 4. The van der Waals surface area contributed by atoms with Gasteiger partial charge in [-0.1, -0.05) is 6.07 Å². The molecule has 0 N–H and O–H groups in total. The molecule has 12 heteroatoms. The van der Waals surface area contributed by atoms with Crippen LogP contribution >= 0.6 is 0 Å². The van der Waals surface area contributed by atoms with Crippen molar-refractivity contribution in [3.8, 4) is 5.88 Å². The second-order valence-corrected chi connectivity index (χ2v) is 6.14. The molecular formula is C18H15F5N4O3. The van der Waals surface area contributed by atoms with Crippen LogP contribution in [0.3, 0.4) is 0 Å². The molecule has 0 aliphatic carbocycles. The largest absolute Gasteiger partial charge is 0.471 e. The van der Waals surface area contributed by atoms with Gasteiger partial charge in [0.1, 0.15) is 0 Å². The van der Waals surface area contributed by atoms with Crippen LogP contribution in [0.15, 0.2) is 36.8 Å². The van der Waals surface area contributed by atoms with Gasteiger partial charge in [0.05, 0.1) is 24.1 Å². The third-order valence-electron chi connectivity index (χ3n) is 3.91. The molecule has 0 saturated heterocycles. The summed E-state index contributed by atoms with van der Waals surface area (Å²) in [7, 11) is 0. The van der Waals surface area contributed by atoms with Crippen molar-refractivity contribution in [3.05, 3.63) is 48.0 Å². The van der Waals surface area contributed by atoms with E-state index in [0.29, 0.717) is 16.5 Å². The molecule has 0 fully saturated rings.